The normalized spacial score (nSPS) is 23.4. The zero-order valence-corrected chi connectivity index (χ0v) is 15.4. The highest BCUT2D eigenvalue weighted by molar-refractivity contribution is 5.85. The van der Waals surface area contributed by atoms with Crippen molar-refractivity contribution in [3.8, 4) is 0 Å². The van der Waals surface area contributed by atoms with Crippen LogP contribution in [0.1, 0.15) is 43.7 Å². The fraction of sp³-hybridized carbons (Fsp3) is 0.600. The van der Waals surface area contributed by atoms with E-state index in [0.29, 0.717) is 26.2 Å². The lowest BCUT2D eigenvalue weighted by atomic mass is 9.78. The van der Waals surface area contributed by atoms with E-state index in [9.17, 15) is 9.59 Å². The van der Waals surface area contributed by atoms with Gasteiger partial charge in [-0.15, -0.1) is 0 Å². The van der Waals surface area contributed by atoms with Crippen LogP contribution < -0.4 is 5.32 Å². The molecule has 3 rings (SSSR count). The van der Waals surface area contributed by atoms with Crippen molar-refractivity contribution in [2.24, 2.45) is 5.41 Å². The molecule has 1 spiro atoms. The number of hydrogen-bond donors (Lipinski definition) is 1. The second-order valence-electron chi connectivity index (χ2n) is 7.50. The summed E-state index contributed by atoms with van der Waals surface area (Å²) in [5.41, 5.74) is 2.03. The molecule has 1 unspecified atom stereocenters. The topological polar surface area (TPSA) is 52.7 Å². The maximum Gasteiger partial charge on any atom is 0.317 e. The minimum atomic E-state index is -0.369. The summed E-state index contributed by atoms with van der Waals surface area (Å²) in [6, 6.07) is 8.33. The number of benzene rings is 1. The van der Waals surface area contributed by atoms with Crippen LogP contribution >= 0.6 is 0 Å². The first-order chi connectivity index (χ1) is 12.0. The Bertz CT molecular complexity index is 646. The standard InChI is InChI=1S/C20H29N3O2/c1-3-10-21-19(25)23-12-9-20(15-23)8-5-11-22(18(20)24)14-17-7-4-6-16(2)13-17/h4,6-7,13H,3,5,8-12,14-15H2,1-2H3,(H,21,25). The zero-order chi connectivity index (χ0) is 17.9. The number of aryl methyl sites for hydroxylation is 1. The summed E-state index contributed by atoms with van der Waals surface area (Å²) in [6.45, 7) is 7.54. The van der Waals surface area contributed by atoms with Gasteiger partial charge in [-0.25, -0.2) is 4.79 Å². The molecule has 1 aromatic carbocycles. The largest absolute Gasteiger partial charge is 0.338 e. The van der Waals surface area contributed by atoms with Gasteiger partial charge < -0.3 is 15.1 Å². The molecule has 0 saturated carbocycles. The number of carbonyl (C=O) groups excluding carboxylic acids is 2. The molecule has 1 N–H and O–H groups in total. The van der Waals surface area contributed by atoms with Crippen molar-refractivity contribution in [2.75, 3.05) is 26.2 Å². The SMILES string of the molecule is CCCNC(=O)N1CCC2(CCCN(Cc3cccc(C)c3)C2=O)C1. The summed E-state index contributed by atoms with van der Waals surface area (Å²) < 4.78 is 0. The molecule has 0 radical (unpaired) electrons. The molecule has 1 aromatic rings. The van der Waals surface area contributed by atoms with Crippen LogP contribution in [0.3, 0.4) is 0 Å². The third kappa shape index (κ3) is 3.80. The van der Waals surface area contributed by atoms with Crippen LogP contribution in [-0.2, 0) is 11.3 Å². The molecule has 2 fully saturated rings. The van der Waals surface area contributed by atoms with Gasteiger partial charge in [0.15, 0.2) is 0 Å². The summed E-state index contributed by atoms with van der Waals surface area (Å²) in [6.07, 6.45) is 3.62. The Morgan fingerprint density at radius 3 is 2.88 bits per heavy atom. The van der Waals surface area contributed by atoms with Gasteiger partial charge in [0.1, 0.15) is 0 Å². The summed E-state index contributed by atoms with van der Waals surface area (Å²) in [5.74, 6) is 0.228. The van der Waals surface area contributed by atoms with Gasteiger partial charge in [0.05, 0.1) is 5.41 Å². The maximum atomic E-state index is 13.2. The first-order valence-electron chi connectivity index (χ1n) is 9.42. The van der Waals surface area contributed by atoms with Gasteiger partial charge in [0.25, 0.3) is 0 Å². The highest BCUT2D eigenvalue weighted by Gasteiger charge is 2.49. The Balaban J connectivity index is 1.67. The van der Waals surface area contributed by atoms with Crippen LogP contribution in [-0.4, -0.2) is 47.9 Å². The van der Waals surface area contributed by atoms with Gasteiger partial charge in [0.2, 0.25) is 5.91 Å². The third-order valence-electron chi connectivity index (χ3n) is 5.45. The van der Waals surface area contributed by atoms with Crippen molar-refractivity contribution >= 4 is 11.9 Å². The molecule has 0 bridgehead atoms. The Kier molecular flexibility index (Phi) is 5.30. The molecule has 5 nitrogen and oxygen atoms in total. The molecule has 25 heavy (non-hydrogen) atoms. The van der Waals surface area contributed by atoms with Crippen LogP contribution in [0.15, 0.2) is 24.3 Å². The van der Waals surface area contributed by atoms with Crippen molar-refractivity contribution in [1.29, 1.82) is 0 Å². The number of piperidine rings is 1. The summed E-state index contributed by atoms with van der Waals surface area (Å²) in [5, 5.41) is 2.93. The zero-order valence-electron chi connectivity index (χ0n) is 15.4. The fourth-order valence-electron chi connectivity index (χ4n) is 4.10. The molecule has 136 valence electrons. The number of amides is 3. The summed E-state index contributed by atoms with van der Waals surface area (Å²) in [4.78, 5) is 29.2. The number of nitrogens with one attached hydrogen (secondary N) is 1. The van der Waals surface area contributed by atoms with E-state index in [4.69, 9.17) is 0 Å². The monoisotopic (exact) mass is 343 g/mol. The lowest BCUT2D eigenvalue weighted by Gasteiger charge is -2.39. The second-order valence-corrected chi connectivity index (χ2v) is 7.50. The van der Waals surface area contributed by atoms with Crippen molar-refractivity contribution < 1.29 is 9.59 Å². The Hall–Kier alpha value is -2.04. The van der Waals surface area contributed by atoms with Crippen molar-refractivity contribution in [1.82, 2.24) is 15.1 Å². The van der Waals surface area contributed by atoms with Gasteiger partial charge in [-0.1, -0.05) is 36.8 Å². The molecule has 3 amide bonds. The quantitative estimate of drug-likeness (QED) is 0.914. The van der Waals surface area contributed by atoms with Crippen LogP contribution in [0.4, 0.5) is 4.79 Å². The van der Waals surface area contributed by atoms with Crippen molar-refractivity contribution in [3.63, 3.8) is 0 Å². The first kappa shape index (κ1) is 17.8. The first-order valence-corrected chi connectivity index (χ1v) is 9.42. The minimum absolute atomic E-state index is 0.0256. The lowest BCUT2D eigenvalue weighted by molar-refractivity contribution is -0.146. The Labute approximate surface area is 150 Å². The van der Waals surface area contributed by atoms with E-state index in [1.54, 1.807) is 0 Å². The molecular formula is C20H29N3O2. The van der Waals surface area contributed by atoms with Gasteiger partial charge in [-0.3, -0.25) is 4.79 Å². The number of rotatable bonds is 4. The lowest BCUT2D eigenvalue weighted by Crippen LogP contribution is -2.50. The molecule has 2 heterocycles. The van der Waals surface area contributed by atoms with E-state index < -0.39 is 0 Å². The van der Waals surface area contributed by atoms with E-state index in [-0.39, 0.29) is 17.4 Å². The predicted octanol–water partition coefficient (Wildman–Crippen LogP) is 2.93. The van der Waals surface area contributed by atoms with Gasteiger partial charge in [-0.05, 0) is 38.2 Å². The molecule has 0 aromatic heterocycles. The van der Waals surface area contributed by atoms with E-state index in [2.05, 4.69) is 30.4 Å². The van der Waals surface area contributed by atoms with Crippen molar-refractivity contribution in [2.45, 2.75) is 46.1 Å². The molecule has 2 saturated heterocycles. The van der Waals surface area contributed by atoms with Crippen LogP contribution in [0, 0.1) is 12.3 Å². The highest BCUT2D eigenvalue weighted by Crippen LogP contribution is 2.40. The van der Waals surface area contributed by atoms with E-state index in [1.807, 2.05) is 22.8 Å². The maximum absolute atomic E-state index is 13.2. The predicted molar refractivity (Wildman–Crippen MR) is 98.1 cm³/mol. The van der Waals surface area contributed by atoms with Crippen LogP contribution in [0.2, 0.25) is 0 Å². The molecular weight excluding hydrogens is 314 g/mol. The van der Waals surface area contributed by atoms with Gasteiger partial charge in [-0.2, -0.15) is 0 Å². The smallest absolute Gasteiger partial charge is 0.317 e. The Morgan fingerprint density at radius 1 is 1.28 bits per heavy atom. The fourth-order valence-corrected chi connectivity index (χ4v) is 4.10. The van der Waals surface area contributed by atoms with E-state index >= 15 is 0 Å². The molecule has 2 aliphatic heterocycles. The average Bonchev–Trinajstić information content (AvgIpc) is 3.02. The molecule has 2 aliphatic rings. The number of urea groups is 1. The Morgan fingerprint density at radius 2 is 2.12 bits per heavy atom. The van der Waals surface area contributed by atoms with Gasteiger partial charge >= 0.3 is 6.03 Å². The molecule has 1 atom stereocenters. The molecule has 0 aliphatic carbocycles. The average molecular weight is 343 g/mol. The second kappa shape index (κ2) is 7.46. The third-order valence-corrected chi connectivity index (χ3v) is 5.45. The minimum Gasteiger partial charge on any atom is -0.338 e. The number of likely N-dealkylation sites (tertiary alicyclic amines) is 2. The van der Waals surface area contributed by atoms with Crippen molar-refractivity contribution in [3.05, 3.63) is 35.4 Å². The van der Waals surface area contributed by atoms with Crippen LogP contribution in [0.25, 0.3) is 0 Å². The molecule has 5 heteroatoms. The van der Waals surface area contributed by atoms with Crippen LogP contribution in [0.5, 0.6) is 0 Å². The van der Waals surface area contributed by atoms with E-state index in [1.165, 1.54) is 11.1 Å². The summed E-state index contributed by atoms with van der Waals surface area (Å²) in [7, 11) is 0. The van der Waals surface area contributed by atoms with E-state index in [0.717, 1.165) is 32.2 Å². The highest BCUT2D eigenvalue weighted by atomic mass is 16.2. The van der Waals surface area contributed by atoms with Gasteiger partial charge in [0, 0.05) is 32.7 Å². The summed E-state index contributed by atoms with van der Waals surface area (Å²) >= 11 is 0. The number of nitrogens with zero attached hydrogens (tertiary/aromatic N) is 2. The number of hydrogen-bond acceptors (Lipinski definition) is 2. The number of carbonyl (C=O) groups is 2.